The third kappa shape index (κ3) is 3.30. The Labute approximate surface area is 103 Å². The van der Waals surface area contributed by atoms with E-state index in [1.807, 2.05) is 0 Å². The molecule has 2 saturated carbocycles. The monoisotopic (exact) mass is 238 g/mol. The number of Topliss-reactive ketones (excluding diaryl/α,β-unsaturated/α-hetero) is 1. The van der Waals surface area contributed by atoms with E-state index in [-0.39, 0.29) is 17.8 Å². The summed E-state index contributed by atoms with van der Waals surface area (Å²) in [6.45, 7) is 2.22. The number of hydrogen-bond acceptors (Lipinski definition) is 3. The average Bonchev–Trinajstić information content (AvgIpc) is 3.10. The number of ether oxygens (including phenoxy) is 1. The van der Waals surface area contributed by atoms with E-state index in [4.69, 9.17) is 4.74 Å². The maximum absolute atomic E-state index is 12.0. The number of carbonyl (C=O) groups excluding carboxylic acids is 2. The minimum atomic E-state index is -0.172. The zero-order valence-corrected chi connectivity index (χ0v) is 10.6. The number of carbonyl (C=O) groups is 2. The largest absolute Gasteiger partial charge is 0.466 e. The van der Waals surface area contributed by atoms with Gasteiger partial charge in [-0.1, -0.05) is 32.1 Å². The summed E-state index contributed by atoms with van der Waals surface area (Å²) in [6.07, 6.45) is 7.67. The molecule has 0 aromatic heterocycles. The Hall–Kier alpha value is -0.860. The molecule has 3 nitrogen and oxygen atoms in total. The van der Waals surface area contributed by atoms with Crippen molar-refractivity contribution in [1.29, 1.82) is 0 Å². The fraction of sp³-hybridized carbons (Fsp3) is 0.857. The molecule has 0 spiro atoms. The van der Waals surface area contributed by atoms with Crippen molar-refractivity contribution in [2.75, 3.05) is 6.61 Å². The molecule has 0 saturated heterocycles. The summed E-state index contributed by atoms with van der Waals surface area (Å²) >= 11 is 0. The van der Waals surface area contributed by atoms with Crippen LogP contribution in [0.3, 0.4) is 0 Å². The summed E-state index contributed by atoms with van der Waals surface area (Å²) in [5, 5.41) is 0. The van der Waals surface area contributed by atoms with Crippen molar-refractivity contribution in [2.45, 2.75) is 51.9 Å². The van der Waals surface area contributed by atoms with Crippen LogP contribution in [0.4, 0.5) is 0 Å². The highest BCUT2D eigenvalue weighted by Crippen LogP contribution is 2.42. The Morgan fingerprint density at radius 1 is 1.12 bits per heavy atom. The van der Waals surface area contributed by atoms with Crippen LogP contribution in [-0.2, 0) is 14.3 Å². The van der Waals surface area contributed by atoms with Crippen molar-refractivity contribution >= 4 is 11.8 Å². The molecule has 0 aromatic carbocycles. The van der Waals surface area contributed by atoms with Gasteiger partial charge in [0.2, 0.25) is 0 Å². The molecule has 2 unspecified atom stereocenters. The van der Waals surface area contributed by atoms with Gasteiger partial charge in [0, 0.05) is 12.3 Å². The van der Waals surface area contributed by atoms with E-state index in [1.54, 1.807) is 6.92 Å². The van der Waals surface area contributed by atoms with E-state index in [1.165, 1.54) is 32.1 Å². The molecular weight excluding hydrogens is 216 g/mol. The Kier molecular flexibility index (Phi) is 4.19. The Bertz CT molecular complexity index is 292. The molecule has 0 N–H and O–H groups in total. The molecule has 0 heterocycles. The van der Waals surface area contributed by atoms with Gasteiger partial charge in [-0.05, 0) is 19.3 Å². The second kappa shape index (κ2) is 5.65. The van der Waals surface area contributed by atoms with Crippen molar-refractivity contribution < 1.29 is 14.3 Å². The molecule has 2 aliphatic carbocycles. The van der Waals surface area contributed by atoms with E-state index >= 15 is 0 Å². The van der Waals surface area contributed by atoms with Gasteiger partial charge in [0.25, 0.3) is 0 Å². The Morgan fingerprint density at radius 2 is 1.82 bits per heavy atom. The van der Waals surface area contributed by atoms with Crippen molar-refractivity contribution in [1.82, 2.24) is 0 Å². The van der Waals surface area contributed by atoms with Crippen molar-refractivity contribution in [3.8, 4) is 0 Å². The lowest BCUT2D eigenvalue weighted by atomic mass is 9.85. The Balaban J connectivity index is 1.73. The van der Waals surface area contributed by atoms with Crippen molar-refractivity contribution in [3.63, 3.8) is 0 Å². The van der Waals surface area contributed by atoms with E-state index in [9.17, 15) is 9.59 Å². The highest BCUT2D eigenvalue weighted by molar-refractivity contribution is 5.91. The zero-order valence-electron chi connectivity index (χ0n) is 10.6. The maximum Gasteiger partial charge on any atom is 0.309 e. The molecule has 0 bridgehead atoms. The van der Waals surface area contributed by atoms with Gasteiger partial charge in [0.1, 0.15) is 5.78 Å². The fourth-order valence-corrected chi connectivity index (χ4v) is 2.89. The third-order valence-corrected chi connectivity index (χ3v) is 4.01. The highest BCUT2D eigenvalue weighted by atomic mass is 16.5. The highest BCUT2D eigenvalue weighted by Gasteiger charge is 2.48. The fourth-order valence-electron chi connectivity index (χ4n) is 2.89. The second-order valence-electron chi connectivity index (χ2n) is 5.38. The van der Waals surface area contributed by atoms with E-state index in [0.717, 1.165) is 6.42 Å². The van der Waals surface area contributed by atoms with Crippen LogP contribution in [0, 0.1) is 17.8 Å². The van der Waals surface area contributed by atoms with E-state index < -0.39 is 0 Å². The smallest absolute Gasteiger partial charge is 0.309 e. The van der Waals surface area contributed by atoms with Crippen LogP contribution in [-0.4, -0.2) is 18.4 Å². The summed E-state index contributed by atoms with van der Waals surface area (Å²) in [4.78, 5) is 23.4. The van der Waals surface area contributed by atoms with Crippen LogP contribution in [0.15, 0.2) is 0 Å². The number of ketones is 1. The van der Waals surface area contributed by atoms with Gasteiger partial charge in [0.05, 0.1) is 12.5 Å². The zero-order chi connectivity index (χ0) is 12.3. The van der Waals surface area contributed by atoms with Gasteiger partial charge in [-0.25, -0.2) is 0 Å². The van der Waals surface area contributed by atoms with Crippen molar-refractivity contribution in [3.05, 3.63) is 0 Å². The predicted molar refractivity (Wildman–Crippen MR) is 64.4 cm³/mol. The van der Waals surface area contributed by atoms with Gasteiger partial charge in [0.15, 0.2) is 0 Å². The molecule has 0 amide bonds. The molecule has 2 rings (SSSR count). The van der Waals surface area contributed by atoms with Crippen LogP contribution < -0.4 is 0 Å². The molecule has 0 radical (unpaired) electrons. The first-order chi connectivity index (χ1) is 8.22. The van der Waals surface area contributed by atoms with Crippen LogP contribution in [0.1, 0.15) is 51.9 Å². The first-order valence-electron chi connectivity index (χ1n) is 6.91. The molecule has 3 heteroatoms. The lowest BCUT2D eigenvalue weighted by Gasteiger charge is -2.20. The third-order valence-electron chi connectivity index (χ3n) is 4.01. The minimum absolute atomic E-state index is 0.0176. The molecular formula is C14H22O3. The number of esters is 1. The summed E-state index contributed by atoms with van der Waals surface area (Å²) in [5.74, 6) is 0.575. The molecule has 2 fully saturated rings. The summed E-state index contributed by atoms with van der Waals surface area (Å²) in [6, 6.07) is 0. The summed E-state index contributed by atoms with van der Waals surface area (Å²) < 4.78 is 4.95. The molecule has 0 aromatic rings. The van der Waals surface area contributed by atoms with Gasteiger partial charge in [-0.15, -0.1) is 0 Å². The lowest BCUT2D eigenvalue weighted by molar-refractivity contribution is -0.145. The molecule has 2 aliphatic rings. The van der Waals surface area contributed by atoms with Gasteiger partial charge < -0.3 is 4.74 Å². The Morgan fingerprint density at radius 3 is 2.47 bits per heavy atom. The van der Waals surface area contributed by atoms with Gasteiger partial charge in [-0.3, -0.25) is 9.59 Å². The van der Waals surface area contributed by atoms with Crippen LogP contribution in [0.5, 0.6) is 0 Å². The first kappa shape index (κ1) is 12.6. The topological polar surface area (TPSA) is 43.4 Å². The predicted octanol–water partition coefficient (Wildman–Crippen LogP) is 2.73. The number of rotatable bonds is 5. The molecule has 0 aliphatic heterocycles. The number of hydrogen-bond donors (Lipinski definition) is 0. The van der Waals surface area contributed by atoms with Crippen molar-refractivity contribution in [2.24, 2.45) is 17.8 Å². The van der Waals surface area contributed by atoms with Gasteiger partial charge in [-0.2, -0.15) is 0 Å². The second-order valence-corrected chi connectivity index (χ2v) is 5.38. The quantitative estimate of drug-likeness (QED) is 0.692. The van der Waals surface area contributed by atoms with E-state index in [2.05, 4.69) is 0 Å². The summed E-state index contributed by atoms with van der Waals surface area (Å²) in [7, 11) is 0. The van der Waals surface area contributed by atoms with E-state index in [0.29, 0.717) is 24.7 Å². The van der Waals surface area contributed by atoms with Crippen LogP contribution in [0.2, 0.25) is 0 Å². The summed E-state index contributed by atoms with van der Waals surface area (Å²) in [5.41, 5.74) is 0. The average molecular weight is 238 g/mol. The molecule has 17 heavy (non-hydrogen) atoms. The minimum Gasteiger partial charge on any atom is -0.466 e. The SMILES string of the molecule is CCOC(=O)C1CC1C(=O)CC1CCCCC1. The normalized spacial score (nSPS) is 28.8. The van der Waals surface area contributed by atoms with Crippen LogP contribution >= 0.6 is 0 Å². The van der Waals surface area contributed by atoms with Crippen LogP contribution in [0.25, 0.3) is 0 Å². The molecule has 2 atom stereocenters. The molecule has 96 valence electrons. The maximum atomic E-state index is 12.0. The van der Waals surface area contributed by atoms with Gasteiger partial charge >= 0.3 is 5.97 Å². The standard InChI is InChI=1S/C14H22O3/c1-2-17-14(16)12-9-11(12)13(15)8-10-6-4-3-5-7-10/h10-12H,2-9H2,1H3. The first-order valence-corrected chi connectivity index (χ1v) is 6.91. The lowest BCUT2D eigenvalue weighted by Crippen LogP contribution is -2.16.